The van der Waals surface area contributed by atoms with Crippen molar-refractivity contribution >= 4 is 5.57 Å². The van der Waals surface area contributed by atoms with E-state index in [2.05, 4.69) is 12.6 Å². The summed E-state index contributed by atoms with van der Waals surface area (Å²) in [5.74, 6) is 1.10. The van der Waals surface area contributed by atoms with Crippen LogP contribution in [0.3, 0.4) is 0 Å². The molecule has 0 atom stereocenters. The number of phenols is 1. The average Bonchev–Trinajstić information content (AvgIpc) is 2.38. The van der Waals surface area contributed by atoms with Gasteiger partial charge in [-0.2, -0.15) is 0 Å². The maximum Gasteiger partial charge on any atom is 0.126 e. The van der Waals surface area contributed by atoms with E-state index in [1.165, 1.54) is 5.56 Å². The van der Waals surface area contributed by atoms with Crippen molar-refractivity contribution in [2.75, 3.05) is 7.11 Å². The van der Waals surface area contributed by atoms with E-state index >= 15 is 0 Å². The van der Waals surface area contributed by atoms with E-state index < -0.39 is 0 Å². The van der Waals surface area contributed by atoms with Gasteiger partial charge in [-0.05, 0) is 35.3 Å². The maximum atomic E-state index is 10.0. The van der Waals surface area contributed by atoms with Gasteiger partial charge in [-0.3, -0.25) is 0 Å². The normalized spacial score (nSPS) is 12.8. The number of hydrogen-bond donors (Lipinski definition) is 1. The number of fused-ring (bicyclic) bond motifs is 2. The van der Waals surface area contributed by atoms with Crippen molar-refractivity contribution in [3.63, 3.8) is 0 Å². The van der Waals surface area contributed by atoms with Gasteiger partial charge < -0.3 is 9.84 Å². The Morgan fingerprint density at radius 3 is 2.44 bits per heavy atom. The molecule has 0 saturated carbocycles. The summed E-state index contributed by atoms with van der Waals surface area (Å²) in [6, 6.07) is 11.6. The molecule has 0 spiro atoms. The molecule has 1 N–H and O–H groups in total. The van der Waals surface area contributed by atoms with Gasteiger partial charge in [0.25, 0.3) is 0 Å². The second-order valence-electron chi connectivity index (χ2n) is 4.46. The predicted molar refractivity (Wildman–Crippen MR) is 72.0 cm³/mol. The van der Waals surface area contributed by atoms with Crippen molar-refractivity contribution < 1.29 is 9.84 Å². The molecule has 2 aromatic rings. The summed E-state index contributed by atoms with van der Waals surface area (Å²) in [7, 11) is 1.66. The molecule has 18 heavy (non-hydrogen) atoms. The first-order valence-corrected chi connectivity index (χ1v) is 5.88. The Morgan fingerprint density at radius 1 is 1.06 bits per heavy atom. The topological polar surface area (TPSA) is 29.5 Å². The van der Waals surface area contributed by atoms with Gasteiger partial charge in [0.1, 0.15) is 11.5 Å². The van der Waals surface area contributed by atoms with Crippen molar-refractivity contribution in [1.82, 2.24) is 0 Å². The fraction of sp³-hybridized carbons (Fsp3) is 0.125. The van der Waals surface area contributed by atoms with Crippen molar-refractivity contribution in [3.05, 3.63) is 65.2 Å². The van der Waals surface area contributed by atoms with E-state index in [4.69, 9.17) is 4.74 Å². The number of hydrogen-bond acceptors (Lipinski definition) is 2. The summed E-state index contributed by atoms with van der Waals surface area (Å²) >= 11 is 0. The van der Waals surface area contributed by atoms with Crippen LogP contribution in [0.15, 0.2) is 43.0 Å². The van der Waals surface area contributed by atoms with Crippen LogP contribution in [-0.4, -0.2) is 12.2 Å². The Kier molecular flexibility index (Phi) is 2.37. The Labute approximate surface area is 106 Å². The molecular formula is C16H14O2. The van der Waals surface area contributed by atoms with Crippen LogP contribution >= 0.6 is 0 Å². The highest BCUT2D eigenvalue weighted by molar-refractivity contribution is 5.89. The number of methoxy groups -OCH3 is 1. The number of rotatable bonds is 1. The van der Waals surface area contributed by atoms with Crippen molar-refractivity contribution in [2.45, 2.75) is 6.42 Å². The van der Waals surface area contributed by atoms with E-state index in [9.17, 15) is 5.11 Å². The smallest absolute Gasteiger partial charge is 0.126 e. The monoisotopic (exact) mass is 238 g/mol. The van der Waals surface area contributed by atoms with Gasteiger partial charge in [0.2, 0.25) is 0 Å². The second kappa shape index (κ2) is 3.91. The quantitative estimate of drug-likeness (QED) is 0.704. The lowest BCUT2D eigenvalue weighted by molar-refractivity contribution is 0.413. The van der Waals surface area contributed by atoms with Crippen molar-refractivity contribution in [2.24, 2.45) is 0 Å². The summed E-state index contributed by atoms with van der Waals surface area (Å²) in [5, 5.41) is 10.0. The molecule has 1 aliphatic rings. The summed E-state index contributed by atoms with van der Waals surface area (Å²) < 4.78 is 5.40. The van der Waals surface area contributed by atoms with Crippen LogP contribution in [0.1, 0.15) is 22.3 Å². The third-order valence-electron chi connectivity index (χ3n) is 3.45. The predicted octanol–water partition coefficient (Wildman–Crippen LogP) is 3.37. The summed E-state index contributed by atoms with van der Waals surface area (Å²) in [6.45, 7) is 4.13. The summed E-state index contributed by atoms with van der Waals surface area (Å²) in [4.78, 5) is 0. The summed E-state index contributed by atoms with van der Waals surface area (Å²) in [5.41, 5.74) is 4.99. The van der Waals surface area contributed by atoms with Gasteiger partial charge in [0, 0.05) is 11.1 Å². The van der Waals surface area contributed by atoms with Gasteiger partial charge in [-0.1, -0.05) is 30.8 Å². The Hall–Kier alpha value is -2.22. The Morgan fingerprint density at radius 2 is 1.72 bits per heavy atom. The highest BCUT2D eigenvalue weighted by atomic mass is 16.5. The molecule has 2 aromatic carbocycles. The third kappa shape index (κ3) is 1.42. The van der Waals surface area contributed by atoms with Gasteiger partial charge in [-0.15, -0.1) is 0 Å². The minimum absolute atomic E-state index is 0.286. The first-order valence-electron chi connectivity index (χ1n) is 5.88. The second-order valence-corrected chi connectivity index (χ2v) is 4.46. The van der Waals surface area contributed by atoms with Crippen molar-refractivity contribution in [1.29, 1.82) is 0 Å². The molecule has 0 saturated heterocycles. The first-order chi connectivity index (χ1) is 8.72. The largest absolute Gasteiger partial charge is 0.507 e. The zero-order valence-electron chi connectivity index (χ0n) is 10.2. The zero-order chi connectivity index (χ0) is 12.7. The zero-order valence-corrected chi connectivity index (χ0v) is 10.2. The van der Waals surface area contributed by atoms with Gasteiger partial charge in [0.15, 0.2) is 0 Å². The molecule has 2 heteroatoms. The van der Waals surface area contributed by atoms with Crippen LogP contribution in [0.4, 0.5) is 0 Å². The van der Waals surface area contributed by atoms with Crippen LogP contribution in [0.2, 0.25) is 0 Å². The molecule has 90 valence electrons. The molecule has 0 unspecified atom stereocenters. The molecule has 0 aliphatic heterocycles. The molecule has 0 amide bonds. The molecule has 0 fully saturated rings. The molecular weight excluding hydrogens is 224 g/mol. The van der Waals surface area contributed by atoms with E-state index in [0.717, 1.165) is 34.4 Å². The molecule has 2 nitrogen and oxygen atoms in total. The minimum Gasteiger partial charge on any atom is -0.507 e. The van der Waals surface area contributed by atoms with E-state index in [0.29, 0.717) is 0 Å². The maximum absolute atomic E-state index is 10.0. The lowest BCUT2D eigenvalue weighted by atomic mass is 9.82. The van der Waals surface area contributed by atoms with Gasteiger partial charge >= 0.3 is 0 Å². The number of benzene rings is 2. The van der Waals surface area contributed by atoms with Crippen LogP contribution in [0, 0.1) is 0 Å². The van der Waals surface area contributed by atoms with Crippen LogP contribution < -0.4 is 4.74 Å². The lowest BCUT2D eigenvalue weighted by Crippen LogP contribution is -2.07. The van der Waals surface area contributed by atoms with Crippen molar-refractivity contribution in [3.8, 4) is 11.5 Å². The fourth-order valence-corrected chi connectivity index (χ4v) is 2.65. The lowest BCUT2D eigenvalue weighted by Gasteiger charge is -2.24. The average molecular weight is 238 g/mol. The van der Waals surface area contributed by atoms with Gasteiger partial charge in [0.05, 0.1) is 7.11 Å². The van der Waals surface area contributed by atoms with E-state index in [1.807, 2.05) is 24.3 Å². The third-order valence-corrected chi connectivity index (χ3v) is 3.45. The number of ether oxygens (including phenoxy) is 1. The van der Waals surface area contributed by atoms with Gasteiger partial charge in [-0.25, -0.2) is 0 Å². The summed E-state index contributed by atoms with van der Waals surface area (Å²) in [6.07, 6.45) is 0.801. The van der Waals surface area contributed by atoms with Crippen LogP contribution in [-0.2, 0) is 6.42 Å². The standard InChI is InChI=1S/C16H14O2/c1-10-15-11(5-3-7-13(15)17)9-12-6-4-8-14(18-2)16(10)12/h3-8,17H,1,9H2,2H3. The fourth-order valence-electron chi connectivity index (χ4n) is 2.65. The van der Waals surface area contributed by atoms with Crippen LogP contribution in [0.5, 0.6) is 11.5 Å². The number of aromatic hydroxyl groups is 1. The molecule has 0 bridgehead atoms. The first kappa shape index (κ1) is 10.9. The molecule has 0 heterocycles. The highest BCUT2D eigenvalue weighted by Gasteiger charge is 2.23. The Balaban J connectivity index is 2.27. The van der Waals surface area contributed by atoms with E-state index in [-0.39, 0.29) is 5.75 Å². The minimum atomic E-state index is 0.286. The number of phenolic OH excluding ortho intramolecular Hbond substituents is 1. The van der Waals surface area contributed by atoms with E-state index in [1.54, 1.807) is 13.2 Å². The molecule has 0 aromatic heterocycles. The highest BCUT2D eigenvalue weighted by Crippen LogP contribution is 2.42. The van der Waals surface area contributed by atoms with Crippen LogP contribution in [0.25, 0.3) is 5.57 Å². The SMILES string of the molecule is C=C1c2c(O)cccc2Cc2cccc(OC)c21. The molecule has 1 aliphatic carbocycles. The molecule has 3 rings (SSSR count). The Bertz CT molecular complexity index is 642. The molecule has 0 radical (unpaired) electrons.